The van der Waals surface area contributed by atoms with E-state index in [4.69, 9.17) is 46.4 Å². The Balaban J connectivity index is 1.42. The van der Waals surface area contributed by atoms with E-state index >= 15 is 0 Å². The van der Waals surface area contributed by atoms with E-state index in [0.29, 0.717) is 22.3 Å². The number of imide groups is 1. The average Bonchev–Trinajstić information content (AvgIpc) is 3.11. The van der Waals surface area contributed by atoms with Crippen molar-refractivity contribution in [3.05, 3.63) is 99.0 Å². The summed E-state index contributed by atoms with van der Waals surface area (Å²) in [6, 6.07) is 19.5. The minimum absolute atomic E-state index is 0.165. The third-order valence-corrected chi connectivity index (χ3v) is 9.31. The predicted octanol–water partition coefficient (Wildman–Crippen LogP) is 5.53. The van der Waals surface area contributed by atoms with Crippen LogP contribution in [0.1, 0.15) is 22.3 Å². The first-order valence-electron chi connectivity index (χ1n) is 10.9. The lowest BCUT2D eigenvalue weighted by Crippen LogP contribution is -2.57. The maximum atomic E-state index is 13.8. The van der Waals surface area contributed by atoms with E-state index in [1.54, 1.807) is 18.2 Å². The molecule has 1 aliphatic heterocycles. The highest BCUT2D eigenvalue weighted by Gasteiger charge is 2.73. The Hall–Kier alpha value is -2.57. The number of hydrogen-bond donors (Lipinski definition) is 1. The molecular weight excluding hydrogens is 530 g/mol. The largest absolute Gasteiger partial charge is 0.323 e. The number of carbonyl (C=O) groups is 3. The van der Waals surface area contributed by atoms with Gasteiger partial charge in [0.05, 0.1) is 27.6 Å². The quantitative estimate of drug-likeness (QED) is 0.348. The molecule has 3 amide bonds. The van der Waals surface area contributed by atoms with Gasteiger partial charge in [-0.15, -0.1) is 23.2 Å². The summed E-state index contributed by atoms with van der Waals surface area (Å²) in [5.41, 5.74) is 3.09. The molecule has 1 fully saturated rings. The molecule has 3 aliphatic carbocycles. The number of nitrogens with zero attached hydrogens (tertiary/aromatic N) is 1. The summed E-state index contributed by atoms with van der Waals surface area (Å²) in [4.78, 5) is 38.8. The van der Waals surface area contributed by atoms with Gasteiger partial charge in [0.2, 0.25) is 17.7 Å². The topological polar surface area (TPSA) is 66.5 Å². The van der Waals surface area contributed by atoms with Crippen molar-refractivity contribution in [2.24, 2.45) is 11.8 Å². The van der Waals surface area contributed by atoms with Crippen LogP contribution in [0.25, 0.3) is 0 Å². The number of benzene rings is 3. The van der Waals surface area contributed by atoms with Crippen LogP contribution in [0.5, 0.6) is 0 Å². The Bertz CT molecular complexity index is 1330. The Morgan fingerprint density at radius 2 is 1.23 bits per heavy atom. The standard InChI is InChI=1S/C26H16Cl4N2O3/c27-17-10-5-11-18(22(17)28)31-19(33)12-32-23(34)20-21(24(32)35)26(30)14-7-2-1-6-13(14)25(20,29)15-8-3-4-9-16(15)26/h1-11,20-21H,12H2,(H,31,33)/t20-,21-,25?,26?/m1/s1. The second-order valence-corrected chi connectivity index (χ2v) is 10.9. The van der Waals surface area contributed by atoms with Gasteiger partial charge < -0.3 is 5.32 Å². The molecule has 3 aromatic rings. The molecule has 0 radical (unpaired) electrons. The Morgan fingerprint density at radius 3 is 1.69 bits per heavy atom. The van der Waals surface area contributed by atoms with Crippen molar-refractivity contribution < 1.29 is 14.4 Å². The molecular formula is C26H16Cl4N2O3. The number of carbonyl (C=O) groups excluding carboxylic acids is 3. The van der Waals surface area contributed by atoms with Crippen molar-refractivity contribution in [1.29, 1.82) is 0 Å². The Labute approximate surface area is 220 Å². The van der Waals surface area contributed by atoms with Gasteiger partial charge in [0, 0.05) is 0 Å². The van der Waals surface area contributed by atoms with Gasteiger partial charge in [0.15, 0.2) is 0 Å². The van der Waals surface area contributed by atoms with E-state index in [2.05, 4.69) is 5.32 Å². The molecule has 4 aliphatic rings. The number of rotatable bonds is 3. The van der Waals surface area contributed by atoms with Crippen LogP contribution in [-0.4, -0.2) is 29.2 Å². The van der Waals surface area contributed by atoms with E-state index in [0.717, 1.165) is 4.90 Å². The summed E-state index contributed by atoms with van der Waals surface area (Å²) in [7, 11) is 0. The third-order valence-electron chi connectivity index (χ3n) is 7.20. The number of halogens is 4. The summed E-state index contributed by atoms with van der Waals surface area (Å²) >= 11 is 26.9. The lowest BCUT2D eigenvalue weighted by molar-refractivity contribution is -0.142. The maximum Gasteiger partial charge on any atom is 0.244 e. The summed E-state index contributed by atoms with van der Waals surface area (Å²) in [6.45, 7) is -0.500. The van der Waals surface area contributed by atoms with Crippen molar-refractivity contribution in [3.63, 3.8) is 0 Å². The lowest BCUT2D eigenvalue weighted by Gasteiger charge is -2.54. The molecule has 3 aromatic carbocycles. The first-order valence-corrected chi connectivity index (χ1v) is 12.4. The Morgan fingerprint density at radius 1 is 0.771 bits per heavy atom. The highest BCUT2D eigenvalue weighted by atomic mass is 35.5. The van der Waals surface area contributed by atoms with Crippen LogP contribution in [0.15, 0.2) is 66.7 Å². The molecule has 0 spiro atoms. The van der Waals surface area contributed by atoms with Crippen LogP contribution in [-0.2, 0) is 24.1 Å². The molecule has 7 rings (SSSR count). The first-order chi connectivity index (χ1) is 16.7. The molecule has 1 saturated heterocycles. The van der Waals surface area contributed by atoms with Crippen molar-refractivity contribution in [2.45, 2.75) is 9.75 Å². The summed E-state index contributed by atoms with van der Waals surface area (Å²) in [5.74, 6) is -3.57. The van der Waals surface area contributed by atoms with Gasteiger partial charge in [0.25, 0.3) is 0 Å². The van der Waals surface area contributed by atoms with Crippen molar-refractivity contribution in [2.75, 3.05) is 11.9 Å². The van der Waals surface area contributed by atoms with Crippen LogP contribution >= 0.6 is 46.4 Å². The maximum absolute atomic E-state index is 13.8. The monoisotopic (exact) mass is 544 g/mol. The van der Waals surface area contributed by atoms with Crippen LogP contribution in [0.4, 0.5) is 5.69 Å². The number of hydrogen-bond acceptors (Lipinski definition) is 3. The average molecular weight is 546 g/mol. The zero-order valence-corrected chi connectivity index (χ0v) is 20.9. The Kier molecular flexibility index (Phi) is 5.04. The zero-order chi connectivity index (χ0) is 24.7. The minimum atomic E-state index is -1.29. The molecule has 2 atom stereocenters. The van der Waals surface area contributed by atoms with E-state index in [1.807, 2.05) is 48.5 Å². The SMILES string of the molecule is O=C(CN1C(=O)[C@H]2[C@H](C1=O)C1(Cl)c3ccccc3C2(Cl)c2ccccc21)Nc1cccc(Cl)c1Cl. The smallest absolute Gasteiger partial charge is 0.244 e. The third kappa shape index (κ3) is 2.87. The number of anilines is 1. The minimum Gasteiger partial charge on any atom is -0.323 e. The number of alkyl halides is 2. The molecule has 35 heavy (non-hydrogen) atoms. The van der Waals surface area contributed by atoms with E-state index in [9.17, 15) is 14.4 Å². The fraction of sp³-hybridized carbons (Fsp3) is 0.192. The normalized spacial score (nSPS) is 27.9. The van der Waals surface area contributed by atoms with Gasteiger partial charge in [-0.05, 0) is 34.4 Å². The van der Waals surface area contributed by atoms with Crippen molar-refractivity contribution in [3.8, 4) is 0 Å². The highest BCUT2D eigenvalue weighted by Crippen LogP contribution is 2.69. The molecule has 2 bridgehead atoms. The van der Waals surface area contributed by atoms with Crippen molar-refractivity contribution in [1.82, 2.24) is 4.90 Å². The van der Waals surface area contributed by atoms with E-state index in [1.165, 1.54) is 0 Å². The molecule has 0 unspecified atom stereocenters. The number of likely N-dealkylation sites (tertiary alicyclic amines) is 1. The van der Waals surface area contributed by atoms with Crippen LogP contribution in [0.2, 0.25) is 10.0 Å². The van der Waals surface area contributed by atoms with Crippen LogP contribution in [0, 0.1) is 11.8 Å². The zero-order valence-electron chi connectivity index (χ0n) is 17.9. The molecule has 0 aromatic heterocycles. The highest BCUT2D eigenvalue weighted by molar-refractivity contribution is 6.44. The number of amides is 3. The van der Waals surface area contributed by atoms with Gasteiger partial charge in [-0.25, -0.2) is 0 Å². The second-order valence-electron chi connectivity index (χ2n) is 8.88. The molecule has 0 saturated carbocycles. The lowest BCUT2D eigenvalue weighted by atomic mass is 9.54. The molecule has 9 heteroatoms. The van der Waals surface area contributed by atoms with E-state index < -0.39 is 45.9 Å². The van der Waals surface area contributed by atoms with Gasteiger partial charge in [0.1, 0.15) is 16.3 Å². The predicted molar refractivity (Wildman–Crippen MR) is 135 cm³/mol. The van der Waals surface area contributed by atoms with Gasteiger partial charge in [-0.2, -0.15) is 0 Å². The fourth-order valence-electron chi connectivity index (χ4n) is 5.81. The first kappa shape index (κ1) is 22.9. The molecule has 1 heterocycles. The summed E-state index contributed by atoms with van der Waals surface area (Å²) in [6.07, 6.45) is 0. The number of nitrogens with one attached hydrogen (secondary N) is 1. The summed E-state index contributed by atoms with van der Waals surface area (Å²) in [5, 5.41) is 3.06. The van der Waals surface area contributed by atoms with Gasteiger partial charge in [-0.3, -0.25) is 19.3 Å². The fourth-order valence-corrected chi connectivity index (χ4v) is 7.26. The van der Waals surface area contributed by atoms with Gasteiger partial charge >= 0.3 is 0 Å². The molecule has 176 valence electrons. The molecule has 1 N–H and O–H groups in total. The van der Waals surface area contributed by atoms with Gasteiger partial charge in [-0.1, -0.05) is 77.8 Å². The van der Waals surface area contributed by atoms with Crippen molar-refractivity contribution >= 4 is 69.8 Å². The van der Waals surface area contributed by atoms with E-state index in [-0.39, 0.29) is 15.7 Å². The second kappa shape index (κ2) is 7.71. The molecule has 5 nitrogen and oxygen atoms in total. The van der Waals surface area contributed by atoms with Crippen LogP contribution < -0.4 is 5.32 Å². The van der Waals surface area contributed by atoms with Crippen LogP contribution in [0.3, 0.4) is 0 Å². The summed E-state index contributed by atoms with van der Waals surface area (Å²) < 4.78 is 0.